The molecule has 2 nitrogen and oxygen atoms in total. The van der Waals surface area contributed by atoms with E-state index in [0.29, 0.717) is 6.04 Å². The Balaban J connectivity index is 2.24. The molecule has 13 heavy (non-hydrogen) atoms. The predicted molar refractivity (Wildman–Crippen MR) is 58.0 cm³/mol. The quantitative estimate of drug-likeness (QED) is 0.715. The van der Waals surface area contributed by atoms with Gasteiger partial charge in [0.15, 0.2) is 0 Å². The monoisotopic (exact) mass is 184 g/mol. The lowest BCUT2D eigenvalue weighted by Gasteiger charge is -2.24. The first-order valence-electron chi connectivity index (χ1n) is 5.58. The summed E-state index contributed by atoms with van der Waals surface area (Å²) in [6, 6.07) is 1.40. The summed E-state index contributed by atoms with van der Waals surface area (Å²) in [7, 11) is 2.20. The highest BCUT2D eigenvalue weighted by Crippen LogP contribution is 2.12. The molecular formula is C11H24N2. The van der Waals surface area contributed by atoms with Crippen LogP contribution in [-0.4, -0.2) is 37.1 Å². The molecule has 1 saturated heterocycles. The van der Waals surface area contributed by atoms with E-state index >= 15 is 0 Å². The Bertz CT molecular complexity index is 147. The standard InChI is InChI=1S/C11H24N2/c1-5-9(2)10(3)12-11-6-7-13(4)8-11/h9-12H,5-8H2,1-4H3/t9-,10-,11-/m0/s1. The first-order chi connectivity index (χ1) is 6.13. The third kappa shape index (κ3) is 3.28. The van der Waals surface area contributed by atoms with Gasteiger partial charge in [-0.05, 0) is 32.9 Å². The van der Waals surface area contributed by atoms with Crippen LogP contribution in [0.25, 0.3) is 0 Å². The maximum absolute atomic E-state index is 3.72. The Morgan fingerprint density at radius 2 is 2.15 bits per heavy atom. The minimum atomic E-state index is 0.668. The summed E-state index contributed by atoms with van der Waals surface area (Å²) in [5, 5.41) is 3.72. The van der Waals surface area contributed by atoms with E-state index < -0.39 is 0 Å². The van der Waals surface area contributed by atoms with Gasteiger partial charge in [0.2, 0.25) is 0 Å². The number of nitrogens with zero attached hydrogens (tertiary/aromatic N) is 1. The van der Waals surface area contributed by atoms with Gasteiger partial charge < -0.3 is 10.2 Å². The number of likely N-dealkylation sites (N-methyl/N-ethyl adjacent to an activating group) is 1. The first kappa shape index (κ1) is 11.0. The van der Waals surface area contributed by atoms with E-state index in [2.05, 4.69) is 38.0 Å². The molecule has 0 saturated carbocycles. The molecule has 0 radical (unpaired) electrons. The maximum atomic E-state index is 3.72. The normalized spacial score (nSPS) is 29.1. The molecule has 0 bridgehead atoms. The molecule has 0 aromatic carbocycles. The molecular weight excluding hydrogens is 160 g/mol. The molecule has 1 fully saturated rings. The van der Waals surface area contributed by atoms with E-state index in [1.54, 1.807) is 0 Å². The Morgan fingerprint density at radius 3 is 2.62 bits per heavy atom. The van der Waals surface area contributed by atoms with Crippen molar-refractivity contribution in [3.05, 3.63) is 0 Å². The van der Waals surface area contributed by atoms with E-state index in [9.17, 15) is 0 Å². The highest BCUT2D eigenvalue weighted by Gasteiger charge is 2.21. The SMILES string of the molecule is CC[C@H](C)[C@H](C)N[C@H]1CCN(C)C1. The van der Waals surface area contributed by atoms with Crippen LogP contribution in [0.3, 0.4) is 0 Å². The largest absolute Gasteiger partial charge is 0.310 e. The van der Waals surface area contributed by atoms with Gasteiger partial charge in [-0.3, -0.25) is 0 Å². The third-order valence-electron chi connectivity index (χ3n) is 3.39. The van der Waals surface area contributed by atoms with Crippen molar-refractivity contribution in [2.45, 2.75) is 45.7 Å². The average molecular weight is 184 g/mol. The number of rotatable bonds is 4. The van der Waals surface area contributed by atoms with Crippen LogP contribution in [0.1, 0.15) is 33.6 Å². The number of likely N-dealkylation sites (tertiary alicyclic amines) is 1. The van der Waals surface area contributed by atoms with E-state index in [1.165, 1.54) is 25.9 Å². The zero-order chi connectivity index (χ0) is 9.84. The van der Waals surface area contributed by atoms with Crippen molar-refractivity contribution in [1.82, 2.24) is 10.2 Å². The maximum Gasteiger partial charge on any atom is 0.0209 e. The topological polar surface area (TPSA) is 15.3 Å². The van der Waals surface area contributed by atoms with Gasteiger partial charge >= 0.3 is 0 Å². The van der Waals surface area contributed by atoms with E-state index in [1.807, 2.05) is 0 Å². The second-order valence-corrected chi connectivity index (χ2v) is 4.59. The summed E-state index contributed by atoms with van der Waals surface area (Å²) in [4.78, 5) is 2.40. The Hall–Kier alpha value is -0.0800. The molecule has 1 rings (SSSR count). The fourth-order valence-corrected chi connectivity index (χ4v) is 1.96. The van der Waals surface area contributed by atoms with Gasteiger partial charge in [0.1, 0.15) is 0 Å². The van der Waals surface area contributed by atoms with Crippen LogP contribution in [0.2, 0.25) is 0 Å². The van der Waals surface area contributed by atoms with Crippen molar-refractivity contribution < 1.29 is 0 Å². The van der Waals surface area contributed by atoms with Crippen molar-refractivity contribution in [3.8, 4) is 0 Å². The van der Waals surface area contributed by atoms with Gasteiger partial charge in [0.25, 0.3) is 0 Å². The Kier molecular flexibility index (Phi) is 4.20. The number of nitrogens with one attached hydrogen (secondary N) is 1. The average Bonchev–Trinajstić information content (AvgIpc) is 2.49. The van der Waals surface area contributed by atoms with Crippen LogP contribution in [-0.2, 0) is 0 Å². The molecule has 1 aliphatic heterocycles. The van der Waals surface area contributed by atoms with E-state index in [-0.39, 0.29) is 0 Å². The number of hydrogen-bond donors (Lipinski definition) is 1. The van der Waals surface area contributed by atoms with Crippen LogP contribution < -0.4 is 5.32 Å². The summed E-state index contributed by atoms with van der Waals surface area (Å²) in [5.74, 6) is 0.797. The minimum Gasteiger partial charge on any atom is -0.310 e. The lowest BCUT2D eigenvalue weighted by molar-refractivity contribution is 0.337. The fraction of sp³-hybridized carbons (Fsp3) is 1.00. The van der Waals surface area contributed by atoms with E-state index in [0.717, 1.165) is 12.0 Å². The molecule has 78 valence electrons. The molecule has 1 aliphatic rings. The molecule has 0 spiro atoms. The summed E-state index contributed by atoms with van der Waals surface area (Å²) in [6.07, 6.45) is 2.59. The zero-order valence-electron chi connectivity index (χ0n) is 9.51. The molecule has 0 amide bonds. The Labute approximate surface area is 82.7 Å². The molecule has 1 N–H and O–H groups in total. The predicted octanol–water partition coefficient (Wildman–Crippen LogP) is 1.71. The molecule has 3 atom stereocenters. The molecule has 2 heteroatoms. The highest BCUT2D eigenvalue weighted by molar-refractivity contribution is 4.82. The molecule has 0 aromatic rings. The Morgan fingerprint density at radius 1 is 1.46 bits per heavy atom. The smallest absolute Gasteiger partial charge is 0.0209 e. The summed E-state index contributed by atoms with van der Waals surface area (Å²) in [5.41, 5.74) is 0. The highest BCUT2D eigenvalue weighted by atomic mass is 15.2. The van der Waals surface area contributed by atoms with Gasteiger partial charge in [0.05, 0.1) is 0 Å². The summed E-state index contributed by atoms with van der Waals surface area (Å²) in [6.45, 7) is 9.39. The van der Waals surface area contributed by atoms with Crippen LogP contribution in [0.4, 0.5) is 0 Å². The van der Waals surface area contributed by atoms with Crippen molar-refractivity contribution in [2.24, 2.45) is 5.92 Å². The van der Waals surface area contributed by atoms with Crippen LogP contribution in [0.5, 0.6) is 0 Å². The second-order valence-electron chi connectivity index (χ2n) is 4.59. The van der Waals surface area contributed by atoms with Gasteiger partial charge in [-0.1, -0.05) is 20.3 Å². The van der Waals surface area contributed by atoms with Gasteiger partial charge in [-0.2, -0.15) is 0 Å². The zero-order valence-corrected chi connectivity index (χ0v) is 9.51. The van der Waals surface area contributed by atoms with Crippen LogP contribution >= 0.6 is 0 Å². The third-order valence-corrected chi connectivity index (χ3v) is 3.39. The van der Waals surface area contributed by atoms with Crippen LogP contribution in [0.15, 0.2) is 0 Å². The van der Waals surface area contributed by atoms with Crippen LogP contribution in [0, 0.1) is 5.92 Å². The second kappa shape index (κ2) is 4.97. The lowest BCUT2D eigenvalue weighted by Crippen LogP contribution is -2.41. The molecule has 0 aromatic heterocycles. The van der Waals surface area contributed by atoms with Crippen molar-refractivity contribution in [2.75, 3.05) is 20.1 Å². The first-order valence-corrected chi connectivity index (χ1v) is 5.58. The van der Waals surface area contributed by atoms with Gasteiger partial charge in [-0.25, -0.2) is 0 Å². The van der Waals surface area contributed by atoms with E-state index in [4.69, 9.17) is 0 Å². The molecule has 0 aliphatic carbocycles. The minimum absolute atomic E-state index is 0.668. The van der Waals surface area contributed by atoms with Gasteiger partial charge in [-0.15, -0.1) is 0 Å². The lowest BCUT2D eigenvalue weighted by atomic mass is 10.00. The summed E-state index contributed by atoms with van der Waals surface area (Å²) < 4.78 is 0. The molecule has 1 heterocycles. The summed E-state index contributed by atoms with van der Waals surface area (Å²) >= 11 is 0. The number of hydrogen-bond acceptors (Lipinski definition) is 2. The van der Waals surface area contributed by atoms with Crippen molar-refractivity contribution >= 4 is 0 Å². The fourth-order valence-electron chi connectivity index (χ4n) is 1.96. The van der Waals surface area contributed by atoms with Crippen molar-refractivity contribution in [1.29, 1.82) is 0 Å². The molecule has 0 unspecified atom stereocenters. The van der Waals surface area contributed by atoms with Gasteiger partial charge in [0, 0.05) is 18.6 Å². The van der Waals surface area contributed by atoms with Crippen molar-refractivity contribution in [3.63, 3.8) is 0 Å².